The van der Waals surface area contributed by atoms with E-state index in [2.05, 4.69) is 73.0 Å². The second-order valence-electron chi connectivity index (χ2n) is 31.0. The first-order valence-corrected chi connectivity index (χ1v) is 44.8. The molecule has 1 fully saturated rings. The van der Waals surface area contributed by atoms with Crippen molar-refractivity contribution in [3.8, 4) is 18.1 Å². The zero-order valence-electron chi connectivity index (χ0n) is 72.6. The van der Waals surface area contributed by atoms with Crippen molar-refractivity contribution in [1.82, 2.24) is 88.1 Å². The van der Waals surface area contributed by atoms with E-state index in [0.717, 1.165) is 45.8 Å². The standard InChI is InChI=1S/C82H109N19O27S3/c1-9-14-50(89-71(115)52(32-61(105)106)88-60(104)26-25-51(79(122)123)90-69(113)45-19-21-46(22-20-45)84-36-48-37-85-67-66(86-48)76(120)97-81(83)96-67)70(114)91-53(33-62(107)108)72(116)92-54(34-63(109)110)73(117)93-56(80(124)125)39-131-130-29-28-127-82(126)99-98-68(112)43(7)30-47(31-44-17-23-49(102)24-18-44)87-74(118)55-38-129-77(94-55)59(103)35-58(41(4)5)101(40-128-64(111)15-10-2)78(121)65(42(6)11-3)95-75(119)57-16-12-13-27-100(57)8/h1,17-24,37-38,41-43,47,50-54,56-59,65,84,102-103H,10-16,25-36,39-40H2,2-8H3,(H,87,118)(H,88,104)(H,89,115)(H,90,113)(H,91,114)(H,92,116)(H,93,117)(H,95,119)(H,98,112)(H,99,126)(H,105,106)(H,107,108)(H,109,110)(H,122,123)(H,124,125)(H3,83,85,96,97,120)/t42-,43+,47-,50+,51+,52+,53+,54+,56+,57-,58-,59-,65+/m1/s1. The summed E-state index contributed by atoms with van der Waals surface area (Å²) in [6.45, 7) is 10.6. The number of aromatic hydroxyl groups is 1. The van der Waals surface area contributed by atoms with Crippen molar-refractivity contribution in [3.63, 3.8) is 0 Å². The molecule has 5 aromatic rings. The van der Waals surface area contributed by atoms with Gasteiger partial charge in [0.15, 0.2) is 17.9 Å². The monoisotopic (exact) mass is 1890 g/mol. The summed E-state index contributed by atoms with van der Waals surface area (Å²) in [6.07, 6.45) is 1.83. The molecule has 131 heavy (non-hydrogen) atoms. The maximum absolute atomic E-state index is 14.8. The van der Waals surface area contributed by atoms with E-state index < -0.39 is 224 Å². The number of anilines is 2. The van der Waals surface area contributed by atoms with E-state index in [1.165, 1.54) is 59.8 Å². The van der Waals surface area contributed by atoms with Gasteiger partial charge >= 0.3 is 41.9 Å². The molecule has 49 heteroatoms. The number of hydrogen-bond donors (Lipinski definition) is 20. The number of amides is 11. The van der Waals surface area contributed by atoms with E-state index in [1.807, 2.05) is 56.2 Å². The number of aliphatic hydroxyl groups is 1. The van der Waals surface area contributed by atoms with E-state index in [4.69, 9.17) is 21.6 Å². The predicted octanol–water partition coefficient (Wildman–Crippen LogP) is 0.788. The molecule has 2 aromatic carbocycles. The number of aromatic amines is 1. The number of likely N-dealkylation sites (N-methyl/N-ethyl adjacent to an activating group) is 1. The molecule has 46 nitrogen and oxygen atoms in total. The topological polar surface area (TPSA) is 700 Å². The van der Waals surface area contributed by atoms with Gasteiger partial charge in [-0.25, -0.2) is 34.8 Å². The van der Waals surface area contributed by atoms with Gasteiger partial charge in [0.2, 0.25) is 53.2 Å². The lowest BCUT2D eigenvalue weighted by atomic mass is 9.92. The van der Waals surface area contributed by atoms with Crippen LogP contribution >= 0.6 is 32.9 Å². The first kappa shape index (κ1) is 106. The Morgan fingerprint density at radius 1 is 0.695 bits per heavy atom. The maximum Gasteiger partial charge on any atom is 0.426 e. The molecule has 0 radical (unpaired) electrons. The van der Waals surface area contributed by atoms with Gasteiger partial charge in [-0.2, -0.15) is 4.98 Å². The number of H-pyrrole nitrogens is 1. The van der Waals surface area contributed by atoms with Crippen LogP contribution in [0.2, 0.25) is 0 Å². The van der Waals surface area contributed by atoms with Gasteiger partial charge in [-0.05, 0) is 106 Å². The number of piperidine rings is 1. The molecule has 3 aromatic heterocycles. The Labute approximate surface area is 761 Å². The Morgan fingerprint density at radius 2 is 1.31 bits per heavy atom. The second kappa shape index (κ2) is 53.0. The predicted molar refractivity (Wildman–Crippen MR) is 471 cm³/mol. The Morgan fingerprint density at radius 3 is 1.89 bits per heavy atom. The van der Waals surface area contributed by atoms with Crippen LogP contribution in [0.1, 0.15) is 175 Å². The summed E-state index contributed by atoms with van der Waals surface area (Å²) in [7, 11) is 3.58. The Kier molecular flexibility index (Phi) is 43.0. The quantitative estimate of drug-likeness (QED) is 0.00639. The molecule has 0 spiro atoms. The molecule has 712 valence electrons. The number of likely N-dealkylation sites (tertiary alicyclic amines) is 1. The lowest BCUT2D eigenvalue weighted by molar-refractivity contribution is -0.159. The lowest BCUT2D eigenvalue weighted by Crippen LogP contribution is -2.59. The molecule has 11 amide bonds. The summed E-state index contributed by atoms with van der Waals surface area (Å²) in [5.41, 5.74) is 10.5. The number of carboxylic acid groups (broad SMARTS) is 5. The number of nitrogens with zero attached hydrogens (tertiary/aromatic N) is 6. The summed E-state index contributed by atoms with van der Waals surface area (Å²) >= 11 is 0.970. The average Bonchev–Trinajstić information content (AvgIpc) is 1.65. The number of rotatable bonds is 53. The number of esters is 1. The van der Waals surface area contributed by atoms with Crippen LogP contribution in [0.4, 0.5) is 16.4 Å². The van der Waals surface area contributed by atoms with Gasteiger partial charge in [0, 0.05) is 71.8 Å². The molecule has 21 N–H and O–H groups in total. The number of nitrogens with one attached hydrogen (secondary N) is 12. The zero-order valence-corrected chi connectivity index (χ0v) is 75.0. The molecular weight excluding hydrogens is 1780 g/mol. The highest BCUT2D eigenvalue weighted by Gasteiger charge is 2.41. The third-order valence-corrected chi connectivity index (χ3v) is 23.8. The molecule has 1 saturated heterocycles. The number of carboxylic acids is 5. The summed E-state index contributed by atoms with van der Waals surface area (Å²) in [4.78, 5) is 258. The van der Waals surface area contributed by atoms with Gasteiger partial charge in [-0.15, -0.1) is 23.7 Å². The van der Waals surface area contributed by atoms with Crippen LogP contribution in [0.3, 0.4) is 0 Å². The number of thiazole rings is 1. The smallest absolute Gasteiger partial charge is 0.426 e. The number of nitrogen functional groups attached to an aromatic ring is 1. The minimum Gasteiger partial charge on any atom is -0.508 e. The summed E-state index contributed by atoms with van der Waals surface area (Å²) in [5.74, 6) is -19.4. The van der Waals surface area contributed by atoms with Gasteiger partial charge in [0.05, 0.1) is 43.7 Å². The van der Waals surface area contributed by atoms with Crippen molar-refractivity contribution in [1.29, 1.82) is 0 Å². The number of phenols is 1. The Bertz CT molecular complexity index is 4980. The highest BCUT2D eigenvalue weighted by Crippen LogP contribution is 2.31. The number of ether oxygens (including phenoxy) is 2. The minimum absolute atomic E-state index is 0.0223. The molecule has 4 heterocycles. The summed E-state index contributed by atoms with van der Waals surface area (Å²) in [5, 5.41) is 94.0. The SMILES string of the molecule is C#CC[C@H](NC(=O)[C@H](CC(=O)O)NC(=O)CC[C@H](NC(=O)c1ccc(NCc2cnc3nc(N)[nH]c(=O)c3n2)cc1)C(=O)O)C(=O)N[C@@H](CC(=O)O)C(=O)N[C@@H](CC(=O)O)C(=O)N[C@@H](CSSCCOC(=O)NNC(=O)[C@@H](C)C[C@H](Cc1ccc(O)cc1)NC(=O)c1csc([C@H](O)C[C@H](C(C)C)N(COC(=O)CCC)C(=O)[C@@H](NC(=O)[C@H]2CCCCN2C)[C@H](C)CC)n1)C(=O)O. The Hall–Kier alpha value is -13.3. The minimum atomic E-state index is -2.22. The Balaban J connectivity index is 0.974. The molecule has 0 unspecified atom stereocenters. The van der Waals surface area contributed by atoms with Gasteiger partial charge < -0.3 is 104 Å². The van der Waals surface area contributed by atoms with Crippen LogP contribution in [0.5, 0.6) is 5.75 Å². The van der Waals surface area contributed by atoms with Crippen LogP contribution in [-0.4, -0.2) is 270 Å². The van der Waals surface area contributed by atoms with E-state index >= 15 is 0 Å². The van der Waals surface area contributed by atoms with Crippen LogP contribution in [0.25, 0.3) is 11.2 Å². The lowest BCUT2D eigenvalue weighted by Gasteiger charge is -2.39. The molecule has 1 aliphatic rings. The first-order chi connectivity index (χ1) is 62.1. The number of hydrogen-bond acceptors (Lipinski definition) is 32. The number of carbonyl (C=O) groups is 17. The van der Waals surface area contributed by atoms with Crippen molar-refractivity contribution in [2.75, 3.05) is 49.5 Å². The number of benzene rings is 2. The normalized spacial score (nSPS) is 15.2. The van der Waals surface area contributed by atoms with E-state index in [9.17, 15) is 122 Å². The average molecular weight is 1890 g/mol. The van der Waals surface area contributed by atoms with E-state index in [-0.39, 0.29) is 101 Å². The third-order valence-electron chi connectivity index (χ3n) is 20.5. The molecule has 13 atom stereocenters. The van der Waals surface area contributed by atoms with Gasteiger partial charge in [-0.1, -0.05) is 88.1 Å². The highest BCUT2D eigenvalue weighted by molar-refractivity contribution is 8.76. The fraction of sp³-hybridized carbons (Fsp3) is 0.512. The van der Waals surface area contributed by atoms with Crippen LogP contribution in [-0.2, 0) is 89.6 Å². The van der Waals surface area contributed by atoms with Crippen molar-refractivity contribution in [2.24, 2.45) is 17.8 Å². The second-order valence-corrected chi connectivity index (χ2v) is 34.5. The number of aliphatic carboxylic acids is 5. The number of nitrogens with two attached hydrogens (primary N) is 1. The van der Waals surface area contributed by atoms with Crippen molar-refractivity contribution in [3.05, 3.63) is 98.0 Å². The molecule has 1 aliphatic heterocycles. The third kappa shape index (κ3) is 35.2. The number of fused-ring (bicyclic) bond motifs is 1. The van der Waals surface area contributed by atoms with E-state index in [0.29, 0.717) is 42.8 Å². The van der Waals surface area contributed by atoms with Gasteiger partial charge in [-0.3, -0.25) is 87.2 Å². The maximum atomic E-state index is 14.8. The van der Waals surface area contributed by atoms with Crippen molar-refractivity contribution in [2.45, 2.75) is 211 Å². The number of aromatic nitrogens is 5. The van der Waals surface area contributed by atoms with Crippen LogP contribution in [0.15, 0.2) is 64.9 Å². The summed E-state index contributed by atoms with van der Waals surface area (Å²) in [6, 6.07) is -3.36. The fourth-order valence-corrected chi connectivity index (χ4v) is 16.0. The molecular formula is C82H109N19O27S3. The molecule has 0 aliphatic carbocycles. The van der Waals surface area contributed by atoms with Gasteiger partial charge in [0.1, 0.15) is 71.5 Å². The molecule has 6 rings (SSSR count). The van der Waals surface area contributed by atoms with Crippen molar-refractivity contribution < 1.29 is 127 Å². The molecule has 0 bridgehead atoms. The van der Waals surface area contributed by atoms with Gasteiger partial charge in [0.25, 0.3) is 17.4 Å². The zero-order chi connectivity index (χ0) is 96.9. The van der Waals surface area contributed by atoms with E-state index in [1.54, 1.807) is 19.1 Å². The summed E-state index contributed by atoms with van der Waals surface area (Å²) < 4.78 is 10.8. The number of phenolic OH excluding ortho intramolecular Hbond substituents is 1. The molecule has 0 saturated carbocycles. The number of terminal acetylenes is 1. The fourth-order valence-electron chi connectivity index (χ4n) is 13.2. The largest absolute Gasteiger partial charge is 0.508 e. The first-order valence-electron chi connectivity index (χ1n) is 41.5. The highest BCUT2D eigenvalue weighted by atomic mass is 33.1. The number of hydrazine groups is 1. The number of carbonyl (C=O) groups excluding carboxylic acids is 12. The van der Waals surface area contributed by atoms with Crippen LogP contribution in [0, 0.1) is 30.1 Å². The van der Waals surface area contributed by atoms with Crippen molar-refractivity contribution >= 4 is 157 Å². The number of aliphatic hydroxyl groups excluding tert-OH is 1. The van der Waals surface area contributed by atoms with Crippen LogP contribution < -0.4 is 70.0 Å².